The number of benzene rings is 3. The maximum absolute atomic E-state index is 12.8. The highest BCUT2D eigenvalue weighted by Gasteiger charge is 2.17. The topological polar surface area (TPSA) is 46.2 Å². The van der Waals surface area contributed by atoms with E-state index in [2.05, 4.69) is 28.4 Å². The number of aryl methyl sites for hydroxylation is 3. The lowest BCUT2D eigenvalue weighted by molar-refractivity contribution is 0.582. The molecule has 0 heterocycles. The summed E-state index contributed by atoms with van der Waals surface area (Å²) in [5.74, 6) is 12.0. The van der Waals surface area contributed by atoms with Crippen LogP contribution in [0.1, 0.15) is 27.8 Å². The minimum Gasteiger partial charge on any atom is -0.207 e. The molecule has 3 nitrogen and oxygen atoms in total. The molecule has 0 saturated carbocycles. The second-order valence-corrected chi connectivity index (χ2v) is 8.85. The van der Waals surface area contributed by atoms with Gasteiger partial charge in [0, 0.05) is 11.1 Å². The van der Waals surface area contributed by atoms with Crippen LogP contribution in [0.4, 0.5) is 0 Å². The maximum Gasteiger partial charge on any atom is 0.242 e. The van der Waals surface area contributed by atoms with Gasteiger partial charge in [-0.3, -0.25) is 0 Å². The Balaban J connectivity index is 1.91. The van der Waals surface area contributed by atoms with Crippen molar-refractivity contribution < 1.29 is 8.42 Å². The lowest BCUT2D eigenvalue weighted by Crippen LogP contribution is -2.32. The van der Waals surface area contributed by atoms with Crippen LogP contribution in [0.15, 0.2) is 77.7 Å². The summed E-state index contributed by atoms with van der Waals surface area (Å²) in [6, 6.07) is 21.3. The molecule has 0 aromatic heterocycles. The number of nitrogens with one attached hydrogen (secondary N) is 1. The maximum atomic E-state index is 12.8. The molecule has 0 bridgehead atoms. The van der Waals surface area contributed by atoms with Crippen LogP contribution in [-0.4, -0.2) is 14.5 Å². The zero-order valence-electron chi connectivity index (χ0n) is 17.2. The lowest BCUT2D eigenvalue weighted by atomic mass is 10.1. The minimum absolute atomic E-state index is 0.187. The first kappa shape index (κ1) is 21.4. The van der Waals surface area contributed by atoms with Gasteiger partial charge < -0.3 is 0 Å². The number of hydrogen-bond donors (Lipinski definition) is 1. The number of hydrogen-bond acceptors (Lipinski definition) is 2. The van der Waals surface area contributed by atoms with Gasteiger partial charge >= 0.3 is 0 Å². The Morgan fingerprint density at radius 1 is 0.633 bits per heavy atom. The van der Waals surface area contributed by atoms with Gasteiger partial charge in [0.25, 0.3) is 0 Å². The molecule has 3 aromatic rings. The van der Waals surface area contributed by atoms with Crippen LogP contribution in [0.3, 0.4) is 0 Å². The molecule has 3 aromatic carbocycles. The molecule has 0 radical (unpaired) electrons. The second kappa shape index (κ2) is 9.46. The standard InChI is InChI=1S/C26H23NO2S/c1-20-4-10-23(11-5-20)14-16-25(17-15-24-12-6-21(2)7-13-24)27-30(28,29)26-18-8-22(3)9-19-26/h4-13,18-19,25,27H,1-3H3. The molecule has 0 aliphatic carbocycles. The van der Waals surface area contributed by atoms with Gasteiger partial charge in [0.1, 0.15) is 6.04 Å². The van der Waals surface area contributed by atoms with Crippen LogP contribution in [-0.2, 0) is 10.0 Å². The Morgan fingerprint density at radius 2 is 1.00 bits per heavy atom. The van der Waals surface area contributed by atoms with Gasteiger partial charge in [0.15, 0.2) is 0 Å². The van der Waals surface area contributed by atoms with E-state index in [-0.39, 0.29) is 4.90 Å². The summed E-state index contributed by atoms with van der Waals surface area (Å²) in [7, 11) is -3.75. The van der Waals surface area contributed by atoms with Crippen molar-refractivity contribution in [3.63, 3.8) is 0 Å². The Morgan fingerprint density at radius 3 is 1.40 bits per heavy atom. The minimum atomic E-state index is -3.75. The van der Waals surface area contributed by atoms with Gasteiger partial charge in [-0.25, -0.2) is 8.42 Å². The van der Waals surface area contributed by atoms with E-state index >= 15 is 0 Å². The Hall–Kier alpha value is -3.31. The van der Waals surface area contributed by atoms with Crippen molar-refractivity contribution in [3.8, 4) is 23.7 Å². The van der Waals surface area contributed by atoms with Crippen molar-refractivity contribution in [1.82, 2.24) is 4.72 Å². The highest BCUT2D eigenvalue weighted by atomic mass is 32.2. The molecule has 0 unspecified atom stereocenters. The quantitative estimate of drug-likeness (QED) is 0.649. The fourth-order valence-corrected chi connectivity index (χ4v) is 3.68. The van der Waals surface area contributed by atoms with E-state index in [0.717, 1.165) is 27.8 Å². The van der Waals surface area contributed by atoms with E-state index in [1.54, 1.807) is 24.3 Å². The van der Waals surface area contributed by atoms with E-state index in [0.29, 0.717) is 0 Å². The Labute approximate surface area is 179 Å². The van der Waals surface area contributed by atoms with Crippen LogP contribution in [0, 0.1) is 44.5 Å². The molecule has 0 aliphatic rings. The molecule has 0 amide bonds. The van der Waals surface area contributed by atoms with E-state index < -0.39 is 16.1 Å². The van der Waals surface area contributed by atoms with Crippen molar-refractivity contribution >= 4 is 10.0 Å². The number of rotatable bonds is 3. The van der Waals surface area contributed by atoms with Crippen LogP contribution < -0.4 is 4.72 Å². The SMILES string of the molecule is Cc1ccc(C#CC(C#Cc2ccc(C)cc2)NS(=O)(=O)c2ccc(C)cc2)cc1. The number of sulfonamides is 1. The molecule has 0 fully saturated rings. The van der Waals surface area contributed by atoms with Crippen LogP contribution in [0.25, 0.3) is 0 Å². The molecule has 0 spiro atoms. The first-order valence-corrected chi connectivity index (χ1v) is 11.1. The summed E-state index contributed by atoms with van der Waals surface area (Å²) in [6.07, 6.45) is 0. The zero-order chi connectivity index (χ0) is 21.6. The zero-order valence-corrected chi connectivity index (χ0v) is 18.0. The van der Waals surface area contributed by atoms with Gasteiger partial charge in [0.05, 0.1) is 4.90 Å². The molecular formula is C26H23NO2S. The molecule has 150 valence electrons. The summed E-state index contributed by atoms with van der Waals surface area (Å²) in [5.41, 5.74) is 4.87. The molecule has 1 N–H and O–H groups in total. The monoisotopic (exact) mass is 413 g/mol. The second-order valence-electron chi connectivity index (χ2n) is 7.14. The molecule has 3 rings (SSSR count). The van der Waals surface area contributed by atoms with Crippen molar-refractivity contribution in [3.05, 3.63) is 101 Å². The van der Waals surface area contributed by atoms with Crippen molar-refractivity contribution in [2.75, 3.05) is 0 Å². The Kier molecular flexibility index (Phi) is 6.75. The predicted molar refractivity (Wildman–Crippen MR) is 121 cm³/mol. The van der Waals surface area contributed by atoms with Crippen molar-refractivity contribution in [2.45, 2.75) is 31.7 Å². The van der Waals surface area contributed by atoms with Gasteiger partial charge in [-0.2, -0.15) is 4.72 Å². The van der Waals surface area contributed by atoms with Gasteiger partial charge in [-0.1, -0.05) is 76.8 Å². The van der Waals surface area contributed by atoms with Crippen LogP contribution >= 0.6 is 0 Å². The summed E-state index contributed by atoms with van der Waals surface area (Å²) in [4.78, 5) is 0.187. The predicted octanol–water partition coefficient (Wildman–Crippen LogP) is 4.36. The fraction of sp³-hybridized carbons (Fsp3) is 0.154. The summed E-state index contributed by atoms with van der Waals surface area (Å²) < 4.78 is 28.3. The van der Waals surface area contributed by atoms with E-state index in [4.69, 9.17) is 0 Å². The molecule has 0 saturated heterocycles. The van der Waals surface area contributed by atoms with E-state index in [1.165, 1.54) is 0 Å². The normalized spacial score (nSPS) is 10.7. The molecule has 0 aliphatic heterocycles. The van der Waals surface area contributed by atoms with E-state index in [9.17, 15) is 8.42 Å². The van der Waals surface area contributed by atoms with Crippen molar-refractivity contribution in [2.24, 2.45) is 0 Å². The van der Waals surface area contributed by atoms with Gasteiger partial charge in [-0.05, 0) is 57.2 Å². The smallest absolute Gasteiger partial charge is 0.207 e. The first-order valence-electron chi connectivity index (χ1n) is 9.57. The first-order chi connectivity index (χ1) is 14.3. The molecule has 30 heavy (non-hydrogen) atoms. The largest absolute Gasteiger partial charge is 0.242 e. The third-order valence-electron chi connectivity index (χ3n) is 4.43. The summed E-state index contributed by atoms with van der Waals surface area (Å²) in [5, 5.41) is 0. The third kappa shape index (κ3) is 6.09. The lowest BCUT2D eigenvalue weighted by Gasteiger charge is -2.09. The summed E-state index contributed by atoms with van der Waals surface area (Å²) in [6.45, 7) is 5.91. The average Bonchev–Trinajstić information content (AvgIpc) is 2.72. The van der Waals surface area contributed by atoms with Gasteiger partial charge in [-0.15, -0.1) is 0 Å². The van der Waals surface area contributed by atoms with E-state index in [1.807, 2.05) is 69.3 Å². The summed E-state index contributed by atoms with van der Waals surface area (Å²) >= 11 is 0. The fourth-order valence-electron chi connectivity index (χ4n) is 2.62. The molecular weight excluding hydrogens is 390 g/mol. The van der Waals surface area contributed by atoms with Crippen molar-refractivity contribution in [1.29, 1.82) is 0 Å². The highest BCUT2D eigenvalue weighted by molar-refractivity contribution is 7.89. The van der Waals surface area contributed by atoms with Crippen LogP contribution in [0.2, 0.25) is 0 Å². The highest BCUT2D eigenvalue weighted by Crippen LogP contribution is 2.11. The van der Waals surface area contributed by atoms with Crippen LogP contribution in [0.5, 0.6) is 0 Å². The average molecular weight is 414 g/mol. The molecule has 4 heteroatoms. The van der Waals surface area contributed by atoms with Gasteiger partial charge in [0.2, 0.25) is 10.0 Å². The molecule has 0 atom stereocenters. The third-order valence-corrected chi connectivity index (χ3v) is 5.87. The Bertz CT molecular complexity index is 1170.